The monoisotopic (exact) mass is 666 g/mol. The van der Waals surface area contributed by atoms with E-state index in [1.54, 1.807) is 62.1 Å². The number of aromatic nitrogens is 1. The average Bonchev–Trinajstić information content (AvgIpc) is 3.34. The molecule has 5 rings (SSSR count). The Kier molecular flexibility index (Phi) is 10.3. The number of carbonyl (C=O) groups excluding carboxylic acids is 1. The predicted octanol–water partition coefficient (Wildman–Crippen LogP) is 6.48. The van der Waals surface area contributed by atoms with Gasteiger partial charge in [-0.15, -0.1) is 0 Å². The van der Waals surface area contributed by atoms with E-state index < -0.39 is 12.0 Å². The molecule has 8 nitrogen and oxygen atoms in total. The van der Waals surface area contributed by atoms with Crippen LogP contribution in [0.4, 0.5) is 0 Å². The summed E-state index contributed by atoms with van der Waals surface area (Å²) in [5.41, 5.74) is 2.73. The van der Waals surface area contributed by atoms with Crippen molar-refractivity contribution in [2.75, 3.05) is 20.8 Å². The molecule has 1 atom stereocenters. The lowest BCUT2D eigenvalue weighted by Crippen LogP contribution is -2.40. The number of nitrogens with zero attached hydrogens (tertiary/aromatic N) is 2. The molecule has 0 saturated carbocycles. The zero-order valence-electron chi connectivity index (χ0n) is 25.3. The van der Waals surface area contributed by atoms with Crippen molar-refractivity contribution in [3.05, 3.63) is 118 Å². The van der Waals surface area contributed by atoms with Gasteiger partial charge in [-0.3, -0.25) is 9.36 Å². The van der Waals surface area contributed by atoms with E-state index in [9.17, 15) is 9.59 Å². The number of halogens is 2. The fourth-order valence-electron chi connectivity index (χ4n) is 5.11. The Labute approximate surface area is 274 Å². The Balaban J connectivity index is 1.62. The van der Waals surface area contributed by atoms with Gasteiger partial charge in [0.2, 0.25) is 0 Å². The van der Waals surface area contributed by atoms with Crippen LogP contribution in [0.3, 0.4) is 0 Å². The van der Waals surface area contributed by atoms with E-state index in [-0.39, 0.29) is 18.8 Å². The van der Waals surface area contributed by atoms with E-state index in [1.807, 2.05) is 37.3 Å². The first-order valence-electron chi connectivity index (χ1n) is 14.4. The number of thiazole rings is 1. The number of benzene rings is 3. The number of methoxy groups -OCH3 is 2. The highest BCUT2D eigenvalue weighted by molar-refractivity contribution is 7.07. The molecule has 4 aromatic rings. The number of fused-ring (bicyclic) bond motifs is 1. The van der Waals surface area contributed by atoms with Gasteiger partial charge < -0.3 is 18.9 Å². The average molecular weight is 668 g/mol. The summed E-state index contributed by atoms with van der Waals surface area (Å²) in [5, 5.41) is 1.07. The Morgan fingerprint density at radius 2 is 1.84 bits per heavy atom. The van der Waals surface area contributed by atoms with Gasteiger partial charge in [-0.05, 0) is 67.4 Å². The van der Waals surface area contributed by atoms with Gasteiger partial charge >= 0.3 is 5.97 Å². The summed E-state index contributed by atoms with van der Waals surface area (Å²) in [6.45, 7) is 4.19. The van der Waals surface area contributed by atoms with Crippen molar-refractivity contribution in [3.63, 3.8) is 0 Å². The van der Waals surface area contributed by atoms with Crippen LogP contribution < -0.4 is 29.1 Å². The van der Waals surface area contributed by atoms with E-state index in [4.69, 9.17) is 47.1 Å². The summed E-state index contributed by atoms with van der Waals surface area (Å²) in [6.07, 6.45) is 3.06. The molecular formula is C34H32Cl2N2O6S. The lowest BCUT2D eigenvalue weighted by molar-refractivity contribution is -0.139. The maximum absolute atomic E-state index is 14.2. The van der Waals surface area contributed by atoms with Crippen molar-refractivity contribution in [1.29, 1.82) is 0 Å². The Hall–Kier alpha value is -4.05. The van der Waals surface area contributed by atoms with Crippen LogP contribution in [0.15, 0.2) is 81.7 Å². The van der Waals surface area contributed by atoms with Crippen LogP contribution in [0.5, 0.6) is 17.2 Å². The van der Waals surface area contributed by atoms with E-state index >= 15 is 0 Å². The van der Waals surface area contributed by atoms with Crippen LogP contribution >= 0.6 is 34.5 Å². The molecule has 0 bridgehead atoms. The van der Waals surface area contributed by atoms with Crippen molar-refractivity contribution >= 4 is 46.6 Å². The van der Waals surface area contributed by atoms with E-state index in [2.05, 4.69) is 0 Å². The van der Waals surface area contributed by atoms with Gasteiger partial charge in [-0.2, -0.15) is 0 Å². The highest BCUT2D eigenvalue weighted by atomic mass is 35.5. The largest absolute Gasteiger partial charge is 0.497 e. The number of allylic oxidation sites excluding steroid dienone is 1. The minimum absolute atomic E-state index is 0.177. The second-order valence-corrected chi connectivity index (χ2v) is 12.0. The summed E-state index contributed by atoms with van der Waals surface area (Å²) in [5.74, 6) is 1.14. The van der Waals surface area contributed by atoms with Gasteiger partial charge in [0.25, 0.3) is 5.56 Å². The van der Waals surface area contributed by atoms with Gasteiger partial charge in [-0.1, -0.05) is 66.1 Å². The van der Waals surface area contributed by atoms with E-state index in [1.165, 1.54) is 11.3 Å². The molecule has 0 unspecified atom stereocenters. The minimum Gasteiger partial charge on any atom is -0.497 e. The van der Waals surface area contributed by atoms with Crippen molar-refractivity contribution in [3.8, 4) is 17.2 Å². The van der Waals surface area contributed by atoms with Crippen LogP contribution in [0, 0.1) is 0 Å². The van der Waals surface area contributed by atoms with Crippen molar-refractivity contribution in [1.82, 2.24) is 4.57 Å². The summed E-state index contributed by atoms with van der Waals surface area (Å²) >= 11 is 13.6. The normalized spacial score (nSPS) is 14.5. The molecule has 0 saturated heterocycles. The van der Waals surface area contributed by atoms with Gasteiger partial charge in [0.05, 0.1) is 36.6 Å². The Morgan fingerprint density at radius 1 is 1.02 bits per heavy atom. The highest BCUT2D eigenvalue weighted by Crippen LogP contribution is 2.38. The van der Waals surface area contributed by atoms with Crippen LogP contribution in [-0.4, -0.2) is 31.4 Å². The van der Waals surface area contributed by atoms with Crippen LogP contribution in [0.1, 0.15) is 49.4 Å². The number of carbonyl (C=O) groups is 1. The number of esters is 1. The first kappa shape index (κ1) is 32.3. The topological polar surface area (TPSA) is 88.4 Å². The molecule has 0 amide bonds. The number of hydrogen-bond donors (Lipinski definition) is 0. The molecule has 234 valence electrons. The van der Waals surface area contributed by atoms with Gasteiger partial charge in [0, 0.05) is 21.2 Å². The SMILES string of the molecule is CCCC1=C(C(=O)OCC)[C@@H](c2cc(OC)ccc2OC)n2c(s/c(=C\c3cccc(OCc4ccc(Cl)cc4Cl)c3)c2=O)=N1. The van der Waals surface area contributed by atoms with E-state index in [0.29, 0.717) is 59.9 Å². The molecule has 0 N–H and O–H groups in total. The van der Waals surface area contributed by atoms with Crippen molar-refractivity contribution in [2.45, 2.75) is 39.3 Å². The lowest BCUT2D eigenvalue weighted by Gasteiger charge is -2.27. The molecule has 1 aliphatic heterocycles. The first-order chi connectivity index (χ1) is 21.8. The maximum Gasteiger partial charge on any atom is 0.338 e. The third-order valence-electron chi connectivity index (χ3n) is 7.19. The smallest absolute Gasteiger partial charge is 0.338 e. The molecule has 0 aliphatic carbocycles. The number of rotatable bonds is 11. The molecule has 1 aromatic heterocycles. The quantitative estimate of drug-likeness (QED) is 0.170. The summed E-state index contributed by atoms with van der Waals surface area (Å²) in [7, 11) is 3.11. The molecule has 45 heavy (non-hydrogen) atoms. The minimum atomic E-state index is -0.840. The fraction of sp³-hybridized carbons (Fsp3) is 0.265. The van der Waals surface area contributed by atoms with Crippen molar-refractivity contribution in [2.24, 2.45) is 4.99 Å². The number of ether oxygens (including phenoxy) is 4. The summed E-state index contributed by atoms with van der Waals surface area (Å²) in [4.78, 5) is 33.0. The Morgan fingerprint density at radius 3 is 2.56 bits per heavy atom. The maximum atomic E-state index is 14.2. The molecule has 0 radical (unpaired) electrons. The second-order valence-electron chi connectivity index (χ2n) is 10.1. The third-order valence-corrected chi connectivity index (χ3v) is 8.76. The highest BCUT2D eigenvalue weighted by Gasteiger charge is 2.36. The molecule has 0 spiro atoms. The zero-order valence-corrected chi connectivity index (χ0v) is 27.6. The molecule has 2 heterocycles. The molecule has 1 aliphatic rings. The first-order valence-corrected chi connectivity index (χ1v) is 16.0. The van der Waals surface area contributed by atoms with Crippen LogP contribution in [0.25, 0.3) is 6.08 Å². The summed E-state index contributed by atoms with van der Waals surface area (Å²) < 4.78 is 24.7. The van der Waals surface area contributed by atoms with Gasteiger partial charge in [0.15, 0.2) is 4.80 Å². The molecule has 3 aromatic carbocycles. The zero-order chi connectivity index (χ0) is 32.1. The van der Waals surface area contributed by atoms with Crippen LogP contribution in [0.2, 0.25) is 10.0 Å². The molecule has 0 fully saturated rings. The van der Waals surface area contributed by atoms with Gasteiger partial charge in [-0.25, -0.2) is 9.79 Å². The third kappa shape index (κ3) is 6.96. The van der Waals surface area contributed by atoms with Gasteiger partial charge in [0.1, 0.15) is 29.9 Å². The van der Waals surface area contributed by atoms with Crippen molar-refractivity contribution < 1.29 is 23.7 Å². The lowest BCUT2D eigenvalue weighted by atomic mass is 9.93. The van der Waals surface area contributed by atoms with Crippen LogP contribution in [-0.2, 0) is 16.1 Å². The summed E-state index contributed by atoms with van der Waals surface area (Å²) in [6, 6.07) is 17.1. The predicted molar refractivity (Wildman–Crippen MR) is 176 cm³/mol. The molecule has 11 heteroatoms. The molecular weight excluding hydrogens is 635 g/mol. The fourth-order valence-corrected chi connectivity index (χ4v) is 6.60. The standard InChI is InChI=1S/C34H32Cl2N2O6S/c1-5-8-27-30(33(40)43-6-2)31(25-18-23(41-3)13-14-28(25)42-4)38-32(39)29(45-34(38)37-27)16-20-9-7-10-24(15-20)44-19-21-11-12-22(35)17-26(21)36/h7,9-18,31H,5-6,8,19H2,1-4H3/b29-16-/t31-/m1/s1. The van der Waals surface area contributed by atoms with E-state index in [0.717, 1.165) is 17.5 Å². The second kappa shape index (κ2) is 14.4. The number of hydrogen-bond acceptors (Lipinski definition) is 8. The Bertz CT molecular complexity index is 1950.